The van der Waals surface area contributed by atoms with Crippen LogP contribution in [-0.2, 0) is 9.53 Å². The van der Waals surface area contributed by atoms with E-state index in [0.717, 1.165) is 11.0 Å². The summed E-state index contributed by atoms with van der Waals surface area (Å²) in [7, 11) is 6.15. The van der Waals surface area contributed by atoms with Gasteiger partial charge in [0.1, 0.15) is 13.2 Å². The van der Waals surface area contributed by atoms with Gasteiger partial charge in [0.05, 0.1) is 21.1 Å². The normalized spacial score (nSPS) is 10.2. The molecular weight excluding hydrogens is 166 g/mol. The molecular formula is C10H21NO2. The van der Waals surface area contributed by atoms with Crippen LogP contribution in [-0.4, -0.2) is 44.7 Å². The van der Waals surface area contributed by atoms with E-state index in [2.05, 4.69) is 27.7 Å². The average Bonchev–Trinajstić information content (AvgIpc) is 1.84. The molecule has 78 valence electrons. The maximum absolute atomic E-state index is 10.9. The fraction of sp³-hybridized carbons (Fsp3) is 0.600. The predicted molar refractivity (Wildman–Crippen MR) is 55.1 cm³/mol. The van der Waals surface area contributed by atoms with Crippen molar-refractivity contribution >= 4 is 5.97 Å². The van der Waals surface area contributed by atoms with Crippen LogP contribution < -0.4 is 0 Å². The number of hydrogen-bond donors (Lipinski definition) is 0. The fourth-order valence-corrected chi connectivity index (χ4v) is 0.535. The van der Waals surface area contributed by atoms with E-state index in [9.17, 15) is 4.79 Å². The van der Waals surface area contributed by atoms with Gasteiger partial charge in [-0.25, -0.2) is 4.79 Å². The minimum atomic E-state index is -0.302. The third-order valence-corrected chi connectivity index (χ3v) is 1.34. The summed E-state index contributed by atoms with van der Waals surface area (Å²) >= 11 is 0. The average molecular weight is 187 g/mol. The number of ether oxygens (including phenoxy) is 1. The zero-order valence-electron chi connectivity index (χ0n) is 9.39. The van der Waals surface area contributed by atoms with E-state index >= 15 is 0 Å². The van der Waals surface area contributed by atoms with Crippen molar-refractivity contribution in [2.45, 2.75) is 6.92 Å². The van der Waals surface area contributed by atoms with Crippen molar-refractivity contribution in [2.24, 2.45) is 0 Å². The number of nitrogens with zero attached hydrogens (tertiary/aromatic N) is 1. The molecule has 0 aromatic carbocycles. The number of hydrogen-bond acceptors (Lipinski definition) is 2. The highest BCUT2D eigenvalue weighted by molar-refractivity contribution is 5.86. The van der Waals surface area contributed by atoms with Gasteiger partial charge in [-0.2, -0.15) is 0 Å². The first-order valence-corrected chi connectivity index (χ1v) is 3.96. The molecule has 0 aromatic heterocycles. The van der Waals surface area contributed by atoms with Gasteiger partial charge < -0.3 is 16.6 Å². The highest BCUT2D eigenvalue weighted by Gasteiger charge is 2.09. The van der Waals surface area contributed by atoms with Gasteiger partial charge in [0.2, 0.25) is 0 Å². The van der Waals surface area contributed by atoms with Crippen LogP contribution in [0.25, 0.3) is 0 Å². The summed E-state index contributed by atoms with van der Waals surface area (Å²) in [4.78, 5) is 10.9. The van der Waals surface area contributed by atoms with Crippen LogP contribution in [0.3, 0.4) is 0 Å². The van der Waals surface area contributed by atoms with Gasteiger partial charge in [-0.05, 0) is 6.92 Å². The van der Waals surface area contributed by atoms with Crippen LogP contribution in [0.15, 0.2) is 12.2 Å². The van der Waals surface area contributed by atoms with Gasteiger partial charge in [-0.1, -0.05) is 6.58 Å². The molecule has 0 aromatic rings. The zero-order chi connectivity index (χ0) is 9.78. The maximum atomic E-state index is 10.9. The van der Waals surface area contributed by atoms with Gasteiger partial charge in [0.25, 0.3) is 0 Å². The van der Waals surface area contributed by atoms with Gasteiger partial charge in [0.15, 0.2) is 0 Å². The van der Waals surface area contributed by atoms with E-state index < -0.39 is 0 Å². The van der Waals surface area contributed by atoms with Crippen LogP contribution >= 0.6 is 0 Å². The smallest absolute Gasteiger partial charge is 0.333 e. The molecule has 0 rings (SSSR count). The second-order valence-corrected chi connectivity index (χ2v) is 3.93. The second kappa shape index (κ2) is 5.75. The van der Waals surface area contributed by atoms with E-state index in [-0.39, 0.29) is 13.4 Å². The fourth-order valence-electron chi connectivity index (χ4n) is 0.535. The Morgan fingerprint density at radius 3 is 2.15 bits per heavy atom. The van der Waals surface area contributed by atoms with E-state index in [1.807, 2.05) is 0 Å². The highest BCUT2D eigenvalue weighted by atomic mass is 16.5. The first kappa shape index (κ1) is 14.7. The number of quaternary nitrogens is 1. The molecule has 0 bridgehead atoms. The monoisotopic (exact) mass is 187 g/mol. The summed E-state index contributed by atoms with van der Waals surface area (Å²) in [6.45, 7) is 6.41. The molecule has 0 radical (unpaired) electrons. The molecule has 13 heavy (non-hydrogen) atoms. The molecule has 0 spiro atoms. The predicted octanol–water partition coefficient (Wildman–Crippen LogP) is 1.26. The van der Waals surface area contributed by atoms with Gasteiger partial charge in [-0.3, -0.25) is 0 Å². The maximum Gasteiger partial charge on any atom is 0.333 e. The number of rotatable bonds is 4. The lowest BCUT2D eigenvalue weighted by molar-refractivity contribution is -0.870. The minimum absolute atomic E-state index is 0. The molecule has 3 nitrogen and oxygen atoms in total. The van der Waals surface area contributed by atoms with Crippen LogP contribution in [0.4, 0.5) is 0 Å². The van der Waals surface area contributed by atoms with E-state index in [0.29, 0.717) is 12.2 Å². The van der Waals surface area contributed by atoms with Crippen molar-refractivity contribution in [3.8, 4) is 0 Å². The van der Waals surface area contributed by atoms with E-state index in [1.165, 1.54) is 0 Å². The number of likely N-dealkylation sites (N-methyl/N-ethyl adjacent to an activating group) is 1. The molecule has 0 saturated carbocycles. The Morgan fingerprint density at radius 2 is 1.85 bits per heavy atom. The van der Waals surface area contributed by atoms with Crippen molar-refractivity contribution < 1.29 is 14.0 Å². The number of carbonyl (C=O) groups excluding carboxylic acids is 1. The molecule has 0 aliphatic heterocycles. The Kier molecular flexibility index (Phi) is 6.50. The zero-order valence-corrected chi connectivity index (χ0v) is 9.39. The number of carbonyl (C=O) groups is 1. The standard InChI is InChI=1S/C9H18NO2.CH3/c1-8(2)9(11)12-7-6-10(3,4)5;/h1,6-7H2,2-5H3;1H3/q+1;-1. The molecule has 0 unspecified atom stereocenters. The molecule has 0 amide bonds. The summed E-state index contributed by atoms with van der Waals surface area (Å²) in [6.07, 6.45) is 0. The quantitative estimate of drug-likeness (QED) is 0.287. The van der Waals surface area contributed by atoms with Crippen molar-refractivity contribution in [3.63, 3.8) is 0 Å². The third kappa shape index (κ3) is 9.08. The molecule has 0 N–H and O–H groups in total. The van der Waals surface area contributed by atoms with Crippen molar-refractivity contribution in [1.82, 2.24) is 0 Å². The first-order chi connectivity index (χ1) is 5.33. The highest BCUT2D eigenvalue weighted by Crippen LogP contribution is 1.94. The third-order valence-electron chi connectivity index (χ3n) is 1.34. The topological polar surface area (TPSA) is 26.3 Å². The minimum Gasteiger partial charge on any atom is -0.456 e. The Balaban J connectivity index is 0. The summed E-state index contributed by atoms with van der Waals surface area (Å²) in [5, 5.41) is 0. The van der Waals surface area contributed by atoms with Crippen LogP contribution in [0.5, 0.6) is 0 Å². The van der Waals surface area contributed by atoms with Crippen molar-refractivity contribution in [1.29, 1.82) is 0 Å². The SMILES string of the molecule is C=C(C)C(=O)OCC[N+](C)(C)C.[CH3-]. The van der Waals surface area contributed by atoms with Crippen molar-refractivity contribution in [2.75, 3.05) is 34.3 Å². The Morgan fingerprint density at radius 1 is 1.38 bits per heavy atom. The largest absolute Gasteiger partial charge is 0.456 e. The van der Waals surface area contributed by atoms with Crippen LogP contribution in [0.1, 0.15) is 6.92 Å². The summed E-state index contributed by atoms with van der Waals surface area (Å²) in [5.41, 5.74) is 0.455. The van der Waals surface area contributed by atoms with Crippen LogP contribution in [0.2, 0.25) is 0 Å². The Labute approximate surface area is 81.6 Å². The molecule has 0 atom stereocenters. The molecule has 3 heteroatoms. The molecule has 0 saturated heterocycles. The van der Waals surface area contributed by atoms with Crippen molar-refractivity contribution in [3.05, 3.63) is 19.6 Å². The first-order valence-electron chi connectivity index (χ1n) is 3.96. The Hall–Kier alpha value is -0.830. The molecule has 0 heterocycles. The number of esters is 1. The molecule has 0 aliphatic carbocycles. The lowest BCUT2D eigenvalue weighted by atomic mass is 10.4. The summed E-state index contributed by atoms with van der Waals surface area (Å²) in [5.74, 6) is -0.302. The Bertz CT molecular complexity index is 180. The molecule has 0 fully saturated rings. The molecule has 0 aliphatic rings. The van der Waals surface area contributed by atoms with E-state index in [4.69, 9.17) is 4.74 Å². The second-order valence-electron chi connectivity index (χ2n) is 3.93. The van der Waals surface area contributed by atoms with E-state index in [1.54, 1.807) is 6.92 Å². The van der Waals surface area contributed by atoms with Gasteiger partial charge in [0, 0.05) is 5.57 Å². The lowest BCUT2D eigenvalue weighted by Crippen LogP contribution is -2.38. The summed E-state index contributed by atoms with van der Waals surface area (Å²) < 4.78 is 5.72. The van der Waals surface area contributed by atoms with Crippen LogP contribution in [0, 0.1) is 7.43 Å². The lowest BCUT2D eigenvalue weighted by Gasteiger charge is -2.23. The van der Waals surface area contributed by atoms with Gasteiger partial charge in [-0.15, -0.1) is 0 Å². The summed E-state index contributed by atoms with van der Waals surface area (Å²) in [6, 6.07) is 0. The van der Waals surface area contributed by atoms with Gasteiger partial charge >= 0.3 is 5.97 Å².